The number of nitrogens with zero attached hydrogens (tertiary/aromatic N) is 2. The third-order valence-corrected chi connectivity index (χ3v) is 5.86. The minimum absolute atomic E-state index is 0.370. The summed E-state index contributed by atoms with van der Waals surface area (Å²) in [6.07, 6.45) is 2.92. The van der Waals surface area contributed by atoms with Crippen molar-refractivity contribution in [3.05, 3.63) is 53.1 Å². The number of fused-ring (bicyclic) bond motifs is 4. The topological polar surface area (TPSA) is 38.5 Å². The molecule has 0 saturated carbocycles. The number of ether oxygens (including phenoxy) is 1. The number of oxazole rings is 1. The Hall–Kier alpha value is -1.88. The van der Waals surface area contributed by atoms with Crippen molar-refractivity contribution in [2.75, 3.05) is 19.6 Å². The maximum atomic E-state index is 6.24. The summed E-state index contributed by atoms with van der Waals surface area (Å²) in [5, 5.41) is 0.706. The van der Waals surface area contributed by atoms with Crippen molar-refractivity contribution in [3.8, 4) is 11.5 Å². The maximum Gasteiger partial charge on any atom is 0.227 e. The summed E-state index contributed by atoms with van der Waals surface area (Å²) in [6, 6.07) is 13.7. The van der Waals surface area contributed by atoms with Crippen molar-refractivity contribution in [1.29, 1.82) is 0 Å². The van der Waals surface area contributed by atoms with Gasteiger partial charge in [0.2, 0.25) is 5.89 Å². The van der Waals surface area contributed by atoms with Crippen molar-refractivity contribution in [2.45, 2.75) is 25.6 Å². The predicted octanol–water partition coefficient (Wildman–Crippen LogP) is 4.76. The molecule has 0 aliphatic carbocycles. The van der Waals surface area contributed by atoms with Crippen LogP contribution in [-0.4, -0.2) is 35.6 Å². The molecule has 4 heterocycles. The van der Waals surface area contributed by atoms with Crippen LogP contribution in [0.15, 0.2) is 46.9 Å². The normalized spacial score (nSPS) is 25.0. The first kappa shape index (κ1) is 16.3. The van der Waals surface area contributed by atoms with E-state index in [1.165, 1.54) is 25.9 Å². The third kappa shape index (κ3) is 3.13. The van der Waals surface area contributed by atoms with Crippen molar-refractivity contribution in [1.82, 2.24) is 9.88 Å². The van der Waals surface area contributed by atoms with Crippen LogP contribution in [0.25, 0.3) is 22.6 Å². The van der Waals surface area contributed by atoms with E-state index in [2.05, 4.69) is 22.0 Å². The van der Waals surface area contributed by atoms with Crippen LogP contribution in [-0.2, 0) is 11.3 Å². The van der Waals surface area contributed by atoms with Gasteiger partial charge in [0.15, 0.2) is 5.58 Å². The summed E-state index contributed by atoms with van der Waals surface area (Å²) >= 11 is 5.95. The number of piperidine rings is 3. The highest BCUT2D eigenvalue weighted by atomic mass is 35.5. The minimum Gasteiger partial charge on any atom is -0.436 e. The maximum absolute atomic E-state index is 6.24. The summed E-state index contributed by atoms with van der Waals surface area (Å²) in [5.41, 5.74) is 3.73. The standard InChI is InChI=1S/C21H21ClN2O2/c22-17-4-2-16(3-5-17)21-23-18-11-14(1-6-19(18)26-21)13-25-20-12-24-9-7-15(20)8-10-24/h1-6,11,15,20H,7-10,12-13H2. The molecule has 3 saturated heterocycles. The van der Waals surface area contributed by atoms with Crippen LogP contribution in [0.1, 0.15) is 18.4 Å². The Bertz CT molecular complexity index is 913. The molecule has 1 aromatic heterocycles. The van der Waals surface area contributed by atoms with Gasteiger partial charge in [0.05, 0.1) is 12.7 Å². The molecule has 0 spiro atoms. The van der Waals surface area contributed by atoms with E-state index in [1.807, 2.05) is 30.3 Å². The van der Waals surface area contributed by atoms with Gasteiger partial charge in [-0.15, -0.1) is 0 Å². The van der Waals surface area contributed by atoms with Gasteiger partial charge in [-0.2, -0.15) is 0 Å². The van der Waals surface area contributed by atoms with E-state index in [0.29, 0.717) is 23.6 Å². The van der Waals surface area contributed by atoms with Gasteiger partial charge in [-0.1, -0.05) is 17.7 Å². The Kier molecular flexibility index (Phi) is 4.20. The highest BCUT2D eigenvalue weighted by molar-refractivity contribution is 6.30. The number of halogens is 1. The molecule has 134 valence electrons. The molecule has 4 nitrogen and oxygen atoms in total. The molecular weight excluding hydrogens is 348 g/mol. The lowest BCUT2D eigenvalue weighted by atomic mass is 9.86. The van der Waals surface area contributed by atoms with Crippen molar-refractivity contribution in [3.63, 3.8) is 0 Å². The molecule has 26 heavy (non-hydrogen) atoms. The molecule has 2 bridgehead atoms. The van der Waals surface area contributed by atoms with Crippen LogP contribution >= 0.6 is 11.6 Å². The van der Waals surface area contributed by atoms with E-state index in [9.17, 15) is 0 Å². The molecule has 1 atom stereocenters. The van der Waals surface area contributed by atoms with Crippen molar-refractivity contribution < 1.29 is 9.15 Å². The summed E-state index contributed by atoms with van der Waals surface area (Å²) in [6.45, 7) is 4.19. The monoisotopic (exact) mass is 368 g/mol. The average Bonchev–Trinajstić information content (AvgIpc) is 3.11. The summed E-state index contributed by atoms with van der Waals surface area (Å²) in [4.78, 5) is 7.15. The second kappa shape index (κ2) is 6.69. The first-order chi connectivity index (χ1) is 12.7. The molecule has 2 aromatic carbocycles. The van der Waals surface area contributed by atoms with Crippen molar-refractivity contribution >= 4 is 22.7 Å². The zero-order valence-corrected chi connectivity index (χ0v) is 15.3. The number of rotatable bonds is 4. The Morgan fingerprint density at radius 3 is 2.65 bits per heavy atom. The van der Waals surface area contributed by atoms with E-state index in [0.717, 1.165) is 34.7 Å². The molecule has 0 amide bonds. The Labute approximate surface area is 157 Å². The molecule has 3 aromatic rings. The van der Waals surface area contributed by atoms with Crippen LogP contribution in [0.5, 0.6) is 0 Å². The quantitative estimate of drug-likeness (QED) is 0.665. The van der Waals surface area contributed by atoms with Crippen molar-refractivity contribution in [2.24, 2.45) is 5.92 Å². The van der Waals surface area contributed by atoms with Gasteiger partial charge in [0.1, 0.15) is 5.52 Å². The highest BCUT2D eigenvalue weighted by Crippen LogP contribution is 2.31. The predicted molar refractivity (Wildman–Crippen MR) is 102 cm³/mol. The van der Waals surface area contributed by atoms with Crippen LogP contribution < -0.4 is 0 Å². The second-order valence-corrected chi connectivity index (χ2v) is 7.75. The van der Waals surface area contributed by atoms with Gasteiger partial charge in [0.25, 0.3) is 0 Å². The fourth-order valence-corrected chi connectivity index (χ4v) is 4.21. The van der Waals surface area contributed by atoms with E-state index < -0.39 is 0 Å². The molecule has 1 unspecified atom stereocenters. The Morgan fingerprint density at radius 1 is 1.12 bits per heavy atom. The summed E-state index contributed by atoms with van der Waals surface area (Å²) in [7, 11) is 0. The number of hydrogen-bond donors (Lipinski definition) is 0. The van der Waals surface area contributed by atoms with Crippen LogP contribution in [0.2, 0.25) is 5.02 Å². The molecule has 3 aliphatic heterocycles. The smallest absolute Gasteiger partial charge is 0.227 e. The fraction of sp³-hybridized carbons (Fsp3) is 0.381. The number of hydrogen-bond acceptors (Lipinski definition) is 4. The van der Waals surface area contributed by atoms with Crippen LogP contribution in [0.3, 0.4) is 0 Å². The van der Waals surface area contributed by atoms with E-state index >= 15 is 0 Å². The summed E-state index contributed by atoms with van der Waals surface area (Å²) in [5.74, 6) is 1.35. The van der Waals surface area contributed by atoms with Gasteiger partial charge in [-0.25, -0.2) is 4.98 Å². The van der Waals surface area contributed by atoms with Gasteiger partial charge < -0.3 is 14.1 Å². The number of aromatic nitrogens is 1. The molecule has 3 aliphatic rings. The van der Waals surface area contributed by atoms with Gasteiger partial charge >= 0.3 is 0 Å². The van der Waals surface area contributed by atoms with E-state index in [-0.39, 0.29) is 0 Å². The zero-order valence-electron chi connectivity index (χ0n) is 14.5. The largest absolute Gasteiger partial charge is 0.436 e. The van der Waals surface area contributed by atoms with E-state index in [4.69, 9.17) is 20.8 Å². The minimum atomic E-state index is 0.370. The molecule has 5 heteroatoms. The van der Waals surface area contributed by atoms with E-state index in [1.54, 1.807) is 0 Å². The lowest BCUT2D eigenvalue weighted by Crippen LogP contribution is -2.51. The average molecular weight is 369 g/mol. The van der Waals surface area contributed by atoms with Crippen LogP contribution in [0.4, 0.5) is 0 Å². The SMILES string of the molecule is Clc1ccc(-c2nc3cc(COC4CN5CCC4CC5)ccc3o2)cc1. The van der Waals surface area contributed by atoms with Gasteiger partial charge in [-0.05, 0) is 73.8 Å². The molecule has 0 N–H and O–H groups in total. The number of benzene rings is 2. The van der Waals surface area contributed by atoms with Gasteiger partial charge in [0, 0.05) is 17.1 Å². The van der Waals surface area contributed by atoms with Gasteiger partial charge in [-0.3, -0.25) is 0 Å². The molecule has 0 radical (unpaired) electrons. The highest BCUT2D eigenvalue weighted by Gasteiger charge is 2.34. The lowest BCUT2D eigenvalue weighted by Gasteiger charge is -2.44. The zero-order chi connectivity index (χ0) is 17.5. The summed E-state index contributed by atoms with van der Waals surface area (Å²) < 4.78 is 12.1. The first-order valence-electron chi connectivity index (χ1n) is 9.24. The molecule has 3 fully saturated rings. The fourth-order valence-electron chi connectivity index (χ4n) is 4.08. The first-order valence-corrected chi connectivity index (χ1v) is 9.62. The molecule has 6 rings (SSSR count). The van der Waals surface area contributed by atoms with Crippen LogP contribution in [0, 0.1) is 5.92 Å². The Balaban J connectivity index is 1.32. The molecular formula is C21H21ClN2O2. The third-order valence-electron chi connectivity index (χ3n) is 5.60. The Morgan fingerprint density at radius 2 is 1.92 bits per heavy atom. The lowest BCUT2D eigenvalue weighted by molar-refractivity contribution is -0.0765. The second-order valence-electron chi connectivity index (χ2n) is 7.32.